The van der Waals surface area contributed by atoms with Crippen LogP contribution in [-0.2, 0) is 11.3 Å². The average Bonchev–Trinajstić information content (AvgIpc) is 2.38. The smallest absolute Gasteiger partial charge is 0.126 e. The molecule has 0 aromatic carbocycles. The summed E-state index contributed by atoms with van der Waals surface area (Å²) in [7, 11) is 0. The Balaban J connectivity index is 1.90. The van der Waals surface area contributed by atoms with Crippen LogP contribution >= 0.6 is 0 Å². The van der Waals surface area contributed by atoms with E-state index in [4.69, 9.17) is 10.5 Å². The van der Waals surface area contributed by atoms with Gasteiger partial charge in [-0.3, -0.25) is 4.90 Å². The number of rotatable bonds is 5. The van der Waals surface area contributed by atoms with Crippen LogP contribution in [0.15, 0.2) is 18.3 Å². The number of nitrogens with one attached hydrogen (secondary N) is 1. The summed E-state index contributed by atoms with van der Waals surface area (Å²) >= 11 is 0. The molecule has 17 heavy (non-hydrogen) atoms. The third-order valence-corrected chi connectivity index (χ3v) is 2.78. The molecule has 0 radical (unpaired) electrons. The maximum Gasteiger partial charge on any atom is 0.126 e. The highest BCUT2D eigenvalue weighted by Gasteiger charge is 2.10. The fourth-order valence-corrected chi connectivity index (χ4v) is 1.89. The number of anilines is 1. The van der Waals surface area contributed by atoms with Crippen molar-refractivity contribution in [3.63, 3.8) is 0 Å². The zero-order chi connectivity index (χ0) is 11.9. The van der Waals surface area contributed by atoms with Crippen molar-refractivity contribution in [2.24, 2.45) is 5.73 Å². The lowest BCUT2D eigenvalue weighted by molar-refractivity contribution is 0.0342. The molecule has 0 unspecified atom stereocenters. The molecule has 0 aliphatic carbocycles. The van der Waals surface area contributed by atoms with Crippen molar-refractivity contribution in [2.45, 2.75) is 6.54 Å². The molecule has 1 saturated heterocycles. The van der Waals surface area contributed by atoms with Crippen molar-refractivity contribution >= 4 is 5.82 Å². The Morgan fingerprint density at radius 3 is 3.00 bits per heavy atom. The fourth-order valence-electron chi connectivity index (χ4n) is 1.89. The molecule has 1 aliphatic heterocycles. The normalized spacial score (nSPS) is 17.0. The summed E-state index contributed by atoms with van der Waals surface area (Å²) in [5, 5.41) is 3.19. The second-order valence-corrected chi connectivity index (χ2v) is 4.15. The van der Waals surface area contributed by atoms with Gasteiger partial charge in [-0.05, 0) is 17.7 Å². The summed E-state index contributed by atoms with van der Waals surface area (Å²) in [6, 6.07) is 4.15. The first-order valence-corrected chi connectivity index (χ1v) is 6.07. The van der Waals surface area contributed by atoms with Crippen molar-refractivity contribution in [3.05, 3.63) is 23.9 Å². The van der Waals surface area contributed by atoms with Gasteiger partial charge in [-0.1, -0.05) is 0 Å². The van der Waals surface area contributed by atoms with Crippen LogP contribution in [0.3, 0.4) is 0 Å². The van der Waals surface area contributed by atoms with Crippen molar-refractivity contribution < 1.29 is 4.74 Å². The zero-order valence-corrected chi connectivity index (χ0v) is 10.1. The van der Waals surface area contributed by atoms with Crippen LogP contribution < -0.4 is 11.1 Å². The monoisotopic (exact) mass is 236 g/mol. The van der Waals surface area contributed by atoms with E-state index in [0.29, 0.717) is 6.54 Å². The Labute approximate surface area is 102 Å². The van der Waals surface area contributed by atoms with E-state index < -0.39 is 0 Å². The number of pyridine rings is 1. The van der Waals surface area contributed by atoms with Gasteiger partial charge in [0.2, 0.25) is 0 Å². The van der Waals surface area contributed by atoms with Gasteiger partial charge in [-0.15, -0.1) is 0 Å². The summed E-state index contributed by atoms with van der Waals surface area (Å²) in [4.78, 5) is 6.65. The maximum atomic E-state index is 5.45. The molecule has 5 heteroatoms. The third kappa shape index (κ3) is 3.96. The van der Waals surface area contributed by atoms with Crippen LogP contribution in [0.4, 0.5) is 5.82 Å². The molecule has 1 aromatic heterocycles. The van der Waals surface area contributed by atoms with Crippen LogP contribution in [0.2, 0.25) is 0 Å². The summed E-state index contributed by atoms with van der Waals surface area (Å²) in [6.07, 6.45) is 1.84. The number of morpholine rings is 1. The van der Waals surface area contributed by atoms with E-state index in [9.17, 15) is 0 Å². The minimum atomic E-state index is 0.620. The van der Waals surface area contributed by atoms with Crippen molar-refractivity contribution in [3.8, 4) is 0 Å². The molecule has 0 spiro atoms. The van der Waals surface area contributed by atoms with Crippen LogP contribution in [0, 0.1) is 0 Å². The Morgan fingerprint density at radius 1 is 1.41 bits per heavy atom. The standard InChI is InChI=1S/C12H20N4O/c13-2-4-15-12-9-11(1-3-14-12)10-16-5-7-17-8-6-16/h1,3,9H,2,4-8,10,13H2,(H,14,15). The third-order valence-electron chi connectivity index (χ3n) is 2.78. The number of nitrogens with zero attached hydrogens (tertiary/aromatic N) is 2. The van der Waals surface area contributed by atoms with Gasteiger partial charge >= 0.3 is 0 Å². The predicted molar refractivity (Wildman–Crippen MR) is 67.9 cm³/mol. The van der Waals surface area contributed by atoms with Crippen molar-refractivity contribution in [1.82, 2.24) is 9.88 Å². The molecule has 2 rings (SSSR count). The van der Waals surface area contributed by atoms with Gasteiger partial charge in [0, 0.05) is 38.9 Å². The fraction of sp³-hybridized carbons (Fsp3) is 0.583. The SMILES string of the molecule is NCCNc1cc(CN2CCOCC2)ccn1. The topological polar surface area (TPSA) is 63.4 Å². The van der Waals surface area contributed by atoms with Crippen molar-refractivity contribution in [2.75, 3.05) is 44.7 Å². The molecule has 1 fully saturated rings. The van der Waals surface area contributed by atoms with Gasteiger partial charge in [0.15, 0.2) is 0 Å². The number of hydrogen-bond acceptors (Lipinski definition) is 5. The largest absolute Gasteiger partial charge is 0.379 e. The molecular weight excluding hydrogens is 216 g/mol. The molecular formula is C12H20N4O. The number of hydrogen-bond donors (Lipinski definition) is 2. The van der Waals surface area contributed by atoms with Crippen molar-refractivity contribution in [1.29, 1.82) is 0 Å². The van der Waals surface area contributed by atoms with Gasteiger partial charge in [0.1, 0.15) is 5.82 Å². The van der Waals surface area contributed by atoms with Crippen LogP contribution in [0.1, 0.15) is 5.56 Å². The van der Waals surface area contributed by atoms with Gasteiger partial charge in [0.05, 0.1) is 13.2 Å². The molecule has 3 N–H and O–H groups in total. The highest BCUT2D eigenvalue weighted by Crippen LogP contribution is 2.10. The van der Waals surface area contributed by atoms with E-state index in [2.05, 4.69) is 27.3 Å². The minimum absolute atomic E-state index is 0.620. The van der Waals surface area contributed by atoms with Crippen LogP contribution in [0.5, 0.6) is 0 Å². The molecule has 0 bridgehead atoms. The molecule has 5 nitrogen and oxygen atoms in total. The Morgan fingerprint density at radius 2 is 2.24 bits per heavy atom. The van der Waals surface area contributed by atoms with E-state index in [-0.39, 0.29) is 0 Å². The average molecular weight is 236 g/mol. The lowest BCUT2D eigenvalue weighted by Crippen LogP contribution is -2.35. The molecule has 0 amide bonds. The van der Waals surface area contributed by atoms with Crippen LogP contribution in [0.25, 0.3) is 0 Å². The highest BCUT2D eigenvalue weighted by atomic mass is 16.5. The molecule has 1 aliphatic rings. The summed E-state index contributed by atoms with van der Waals surface area (Å²) in [5.74, 6) is 0.904. The molecule has 0 atom stereocenters. The van der Waals surface area contributed by atoms with Crippen LogP contribution in [-0.4, -0.2) is 49.3 Å². The van der Waals surface area contributed by atoms with Gasteiger partial charge < -0.3 is 15.8 Å². The van der Waals surface area contributed by atoms with Gasteiger partial charge in [-0.25, -0.2) is 4.98 Å². The molecule has 1 aromatic rings. The Bertz CT molecular complexity index is 339. The molecule has 2 heterocycles. The summed E-state index contributed by atoms with van der Waals surface area (Å²) < 4.78 is 5.33. The summed E-state index contributed by atoms with van der Waals surface area (Å²) in [6.45, 7) is 6.03. The maximum absolute atomic E-state index is 5.45. The highest BCUT2D eigenvalue weighted by molar-refractivity contribution is 5.37. The number of ether oxygens (including phenoxy) is 1. The second-order valence-electron chi connectivity index (χ2n) is 4.15. The lowest BCUT2D eigenvalue weighted by atomic mass is 10.2. The van der Waals surface area contributed by atoms with Gasteiger partial charge in [0.25, 0.3) is 0 Å². The first-order chi connectivity index (χ1) is 8.38. The first kappa shape index (κ1) is 12.3. The second kappa shape index (κ2) is 6.54. The summed E-state index contributed by atoms with van der Waals surface area (Å²) in [5.41, 5.74) is 6.73. The predicted octanol–water partition coefficient (Wildman–Crippen LogP) is 0.284. The van der Waals surface area contributed by atoms with E-state index in [1.165, 1.54) is 5.56 Å². The zero-order valence-electron chi connectivity index (χ0n) is 10.1. The van der Waals surface area contributed by atoms with E-state index in [1.54, 1.807) is 0 Å². The van der Waals surface area contributed by atoms with E-state index in [1.807, 2.05) is 6.20 Å². The quantitative estimate of drug-likeness (QED) is 0.769. The van der Waals surface area contributed by atoms with Gasteiger partial charge in [-0.2, -0.15) is 0 Å². The first-order valence-electron chi connectivity index (χ1n) is 6.07. The Hall–Kier alpha value is -1.17. The minimum Gasteiger partial charge on any atom is -0.379 e. The molecule has 94 valence electrons. The van der Waals surface area contributed by atoms with E-state index in [0.717, 1.165) is 45.2 Å². The lowest BCUT2D eigenvalue weighted by Gasteiger charge is -2.26. The number of nitrogens with two attached hydrogens (primary N) is 1. The number of aromatic nitrogens is 1. The molecule has 0 saturated carbocycles. The van der Waals surface area contributed by atoms with E-state index >= 15 is 0 Å². The Kier molecular flexibility index (Phi) is 4.73.